The number of ether oxygens (including phenoxy) is 1. The van der Waals surface area contributed by atoms with Crippen LogP contribution in [-0.4, -0.2) is 24.7 Å². The summed E-state index contributed by atoms with van der Waals surface area (Å²) >= 11 is 7.13. The molecule has 0 saturated carbocycles. The Balaban J connectivity index is 1.60. The zero-order valence-electron chi connectivity index (χ0n) is 21.6. The number of amides is 2. The second kappa shape index (κ2) is 12.4. The molecule has 1 aromatic heterocycles. The molecule has 1 aliphatic heterocycles. The van der Waals surface area contributed by atoms with Crippen LogP contribution in [0.4, 0.5) is 24.5 Å². The normalized spacial score (nSPS) is 15.2. The van der Waals surface area contributed by atoms with E-state index in [9.17, 15) is 28.0 Å². The Labute approximate surface area is 242 Å². The second-order valence-corrected chi connectivity index (χ2v) is 10.1. The van der Waals surface area contributed by atoms with Gasteiger partial charge in [-0.25, -0.2) is 0 Å². The minimum Gasteiger partial charge on any atom is -0.497 e. The molecule has 13 heteroatoms. The minimum absolute atomic E-state index is 0.0372. The number of alkyl halides is 3. The lowest BCUT2D eigenvalue weighted by molar-refractivity contribution is -0.137. The molecule has 2 amide bonds. The minimum atomic E-state index is -4.65. The SMILES string of the molecule is COc1cccc(NC(=O)CSC2=C(C#N)[C@@H](c3ccco3)C(C(=O)Nc3cc(C(F)(F)F)ccc3Cl)=C(C)N2)c1. The smallest absolute Gasteiger partial charge is 0.416 e. The van der Waals surface area contributed by atoms with Crippen molar-refractivity contribution in [3.05, 3.63) is 99.1 Å². The van der Waals surface area contributed by atoms with Crippen LogP contribution in [-0.2, 0) is 15.8 Å². The standard InChI is InChI=1S/C28H22ClF3N4O4S/c1-15-24(26(38)36-21-11-16(28(30,31)32)8-9-20(21)29)25(22-7-4-10-40-22)19(13-33)27(34-15)41-14-23(37)35-17-5-3-6-18(12-17)39-2/h3-12,25,34H,14H2,1-2H3,(H,35,37)(H,36,38)/t25-/m0/s1. The highest BCUT2D eigenvalue weighted by Gasteiger charge is 2.37. The number of carbonyl (C=O) groups excluding carboxylic acids is 2. The number of benzene rings is 2. The molecule has 0 radical (unpaired) electrons. The van der Waals surface area contributed by atoms with Crippen LogP contribution in [0.1, 0.15) is 24.2 Å². The molecule has 2 aromatic carbocycles. The lowest BCUT2D eigenvalue weighted by Crippen LogP contribution is -2.31. The number of methoxy groups -OCH3 is 1. The van der Waals surface area contributed by atoms with Crippen LogP contribution in [0.15, 0.2) is 87.1 Å². The van der Waals surface area contributed by atoms with Gasteiger partial charge >= 0.3 is 6.18 Å². The Kier molecular flexibility index (Phi) is 9.00. The number of carbonyl (C=O) groups is 2. The number of halogens is 4. The van der Waals surface area contributed by atoms with Crippen molar-refractivity contribution in [3.8, 4) is 11.8 Å². The van der Waals surface area contributed by atoms with E-state index in [-0.39, 0.29) is 39.3 Å². The molecule has 0 fully saturated rings. The van der Waals surface area contributed by atoms with Crippen LogP contribution in [0.5, 0.6) is 5.75 Å². The first-order valence-corrected chi connectivity index (χ1v) is 13.3. The average Bonchev–Trinajstić information content (AvgIpc) is 3.47. The fourth-order valence-corrected chi connectivity index (χ4v) is 5.15. The van der Waals surface area contributed by atoms with E-state index in [2.05, 4.69) is 22.0 Å². The summed E-state index contributed by atoms with van der Waals surface area (Å²) in [6, 6.07) is 14.6. The molecule has 0 bridgehead atoms. The van der Waals surface area contributed by atoms with Crippen molar-refractivity contribution in [1.82, 2.24) is 5.32 Å². The van der Waals surface area contributed by atoms with Crippen molar-refractivity contribution in [2.75, 3.05) is 23.5 Å². The van der Waals surface area contributed by atoms with Crippen molar-refractivity contribution in [1.29, 1.82) is 5.26 Å². The van der Waals surface area contributed by atoms with Gasteiger partial charge in [-0.1, -0.05) is 29.4 Å². The van der Waals surface area contributed by atoms with Crippen molar-refractivity contribution < 1.29 is 31.9 Å². The van der Waals surface area contributed by atoms with Gasteiger partial charge in [0.05, 0.1) is 63.6 Å². The van der Waals surface area contributed by atoms with Crippen LogP contribution in [0.25, 0.3) is 0 Å². The van der Waals surface area contributed by atoms with Gasteiger partial charge in [0.2, 0.25) is 5.91 Å². The van der Waals surface area contributed by atoms with Gasteiger partial charge in [-0.2, -0.15) is 18.4 Å². The van der Waals surface area contributed by atoms with Gasteiger partial charge in [0.25, 0.3) is 5.91 Å². The highest BCUT2D eigenvalue weighted by molar-refractivity contribution is 8.03. The summed E-state index contributed by atoms with van der Waals surface area (Å²) in [6.07, 6.45) is -3.28. The summed E-state index contributed by atoms with van der Waals surface area (Å²) in [5.41, 5.74) is -0.280. The Morgan fingerprint density at radius 3 is 2.61 bits per heavy atom. The van der Waals surface area contributed by atoms with E-state index in [1.54, 1.807) is 43.3 Å². The predicted molar refractivity (Wildman–Crippen MR) is 149 cm³/mol. The second-order valence-electron chi connectivity index (χ2n) is 8.68. The summed E-state index contributed by atoms with van der Waals surface area (Å²) in [7, 11) is 1.51. The van der Waals surface area contributed by atoms with Crippen LogP contribution < -0.4 is 20.7 Å². The maximum absolute atomic E-state index is 13.5. The zero-order valence-corrected chi connectivity index (χ0v) is 23.1. The summed E-state index contributed by atoms with van der Waals surface area (Å²) < 4.78 is 50.5. The van der Waals surface area contributed by atoms with E-state index in [0.717, 1.165) is 30.0 Å². The predicted octanol–water partition coefficient (Wildman–Crippen LogP) is 6.67. The average molecular weight is 603 g/mol. The first kappa shape index (κ1) is 29.6. The molecular weight excluding hydrogens is 581 g/mol. The molecule has 0 spiro atoms. The van der Waals surface area contributed by atoms with Crippen molar-refractivity contribution in [3.63, 3.8) is 0 Å². The molecule has 212 valence electrons. The Morgan fingerprint density at radius 2 is 1.95 bits per heavy atom. The monoisotopic (exact) mass is 602 g/mol. The Morgan fingerprint density at radius 1 is 1.17 bits per heavy atom. The van der Waals surface area contributed by atoms with Crippen LogP contribution in [0.2, 0.25) is 5.02 Å². The first-order valence-electron chi connectivity index (χ1n) is 11.9. The molecule has 0 saturated heterocycles. The number of allylic oxidation sites excluding steroid dienone is 2. The highest BCUT2D eigenvalue weighted by Crippen LogP contribution is 2.42. The highest BCUT2D eigenvalue weighted by atomic mass is 35.5. The third kappa shape index (κ3) is 6.87. The molecule has 41 heavy (non-hydrogen) atoms. The molecule has 4 rings (SSSR count). The topological polar surface area (TPSA) is 116 Å². The van der Waals surface area contributed by atoms with E-state index in [1.807, 2.05) is 0 Å². The lowest BCUT2D eigenvalue weighted by atomic mass is 9.85. The number of furan rings is 1. The molecule has 3 aromatic rings. The van der Waals surface area contributed by atoms with Gasteiger partial charge in [0.1, 0.15) is 11.5 Å². The fraction of sp³-hybridized carbons (Fsp3) is 0.179. The van der Waals surface area contributed by atoms with Gasteiger partial charge in [0, 0.05) is 17.5 Å². The molecule has 2 heterocycles. The summed E-state index contributed by atoms with van der Waals surface area (Å²) in [5.74, 6) is -1.41. The van der Waals surface area contributed by atoms with Crippen LogP contribution in [0, 0.1) is 11.3 Å². The van der Waals surface area contributed by atoms with Gasteiger partial charge in [-0.15, -0.1) is 0 Å². The number of nitriles is 1. The third-order valence-electron chi connectivity index (χ3n) is 5.96. The maximum atomic E-state index is 13.5. The quantitative estimate of drug-likeness (QED) is 0.264. The van der Waals surface area contributed by atoms with Gasteiger partial charge in [-0.3, -0.25) is 9.59 Å². The van der Waals surface area contributed by atoms with Crippen molar-refractivity contribution >= 4 is 46.6 Å². The van der Waals surface area contributed by atoms with Gasteiger partial charge in [-0.05, 0) is 49.4 Å². The van der Waals surface area contributed by atoms with Gasteiger partial charge < -0.3 is 25.1 Å². The fourth-order valence-electron chi connectivity index (χ4n) is 4.09. The molecule has 0 unspecified atom stereocenters. The molecule has 3 N–H and O–H groups in total. The number of thioether (sulfide) groups is 1. The lowest BCUT2D eigenvalue weighted by Gasteiger charge is -2.28. The number of nitrogens with zero attached hydrogens (tertiary/aromatic N) is 1. The summed E-state index contributed by atoms with van der Waals surface area (Å²) in [5, 5.41) is 18.5. The van der Waals surface area contributed by atoms with E-state index >= 15 is 0 Å². The Bertz CT molecular complexity index is 1580. The largest absolute Gasteiger partial charge is 0.497 e. The number of nitrogens with one attached hydrogen (secondary N) is 3. The number of hydrogen-bond donors (Lipinski definition) is 3. The third-order valence-corrected chi connectivity index (χ3v) is 7.31. The van der Waals surface area contributed by atoms with Crippen LogP contribution in [0.3, 0.4) is 0 Å². The summed E-state index contributed by atoms with van der Waals surface area (Å²) in [4.78, 5) is 26.1. The van der Waals surface area contributed by atoms with Crippen molar-refractivity contribution in [2.24, 2.45) is 0 Å². The van der Waals surface area contributed by atoms with E-state index in [1.165, 1.54) is 13.4 Å². The van der Waals surface area contributed by atoms with E-state index in [0.29, 0.717) is 22.2 Å². The number of anilines is 2. The van der Waals surface area contributed by atoms with Crippen molar-refractivity contribution in [2.45, 2.75) is 19.0 Å². The molecule has 0 aliphatic carbocycles. The van der Waals surface area contributed by atoms with E-state index < -0.39 is 23.6 Å². The molecular formula is C28H22ClF3N4O4S. The first-order chi connectivity index (χ1) is 19.5. The molecule has 1 aliphatic rings. The summed E-state index contributed by atoms with van der Waals surface area (Å²) in [6.45, 7) is 1.57. The number of rotatable bonds is 8. The van der Waals surface area contributed by atoms with Crippen LogP contribution >= 0.6 is 23.4 Å². The number of hydrogen-bond acceptors (Lipinski definition) is 7. The number of dihydropyridines is 1. The van der Waals surface area contributed by atoms with Gasteiger partial charge in [0.15, 0.2) is 0 Å². The Hall–Kier alpha value is -4.34. The molecule has 8 nitrogen and oxygen atoms in total. The molecule has 1 atom stereocenters. The maximum Gasteiger partial charge on any atom is 0.416 e. The van der Waals surface area contributed by atoms with E-state index in [4.69, 9.17) is 20.8 Å². The zero-order chi connectivity index (χ0) is 29.7.